The number of nitrogens with zero attached hydrogens (tertiary/aromatic N) is 1. The Bertz CT molecular complexity index is 698. The van der Waals surface area contributed by atoms with Gasteiger partial charge >= 0.3 is 0 Å². The molecule has 2 saturated heterocycles. The Kier molecular flexibility index (Phi) is 4.93. The summed E-state index contributed by atoms with van der Waals surface area (Å²) in [5.74, 6) is 0.541. The van der Waals surface area contributed by atoms with Crippen molar-refractivity contribution in [2.24, 2.45) is 17.3 Å². The molecular weight excluding hydrogens is 352 g/mol. The normalized spacial score (nSPS) is 24.7. The maximum atomic E-state index is 13.0. The van der Waals surface area contributed by atoms with Crippen LogP contribution in [0.1, 0.15) is 36.0 Å². The van der Waals surface area contributed by atoms with Gasteiger partial charge in [-0.25, -0.2) is 0 Å². The van der Waals surface area contributed by atoms with Crippen molar-refractivity contribution >= 4 is 23.4 Å². The first-order valence-electron chi connectivity index (χ1n) is 9.48. The van der Waals surface area contributed by atoms with Gasteiger partial charge < -0.3 is 15.0 Å². The molecule has 26 heavy (non-hydrogen) atoms. The number of carbonyl (C=O) groups is 2. The predicted octanol–water partition coefficient (Wildman–Crippen LogP) is 2.74. The molecule has 0 radical (unpaired) electrons. The van der Waals surface area contributed by atoms with E-state index >= 15 is 0 Å². The molecule has 0 unspecified atom stereocenters. The van der Waals surface area contributed by atoms with Crippen LogP contribution in [0.2, 0.25) is 5.02 Å². The molecule has 2 heterocycles. The van der Waals surface area contributed by atoms with Crippen molar-refractivity contribution < 1.29 is 14.3 Å². The molecule has 3 fully saturated rings. The summed E-state index contributed by atoms with van der Waals surface area (Å²) in [6, 6.07) is 7.03. The van der Waals surface area contributed by atoms with Crippen LogP contribution in [-0.2, 0) is 9.53 Å². The fourth-order valence-electron chi connectivity index (χ4n) is 4.26. The Labute approximate surface area is 159 Å². The second kappa shape index (κ2) is 7.20. The zero-order chi connectivity index (χ0) is 18.1. The Morgan fingerprint density at radius 2 is 2.04 bits per heavy atom. The molecule has 1 aromatic rings. The number of ether oxygens (including phenoxy) is 1. The summed E-state index contributed by atoms with van der Waals surface area (Å²) < 4.78 is 5.54. The van der Waals surface area contributed by atoms with E-state index in [0.29, 0.717) is 42.8 Å². The molecule has 1 aliphatic carbocycles. The van der Waals surface area contributed by atoms with Crippen molar-refractivity contribution in [3.05, 3.63) is 34.9 Å². The summed E-state index contributed by atoms with van der Waals surface area (Å²) in [6.45, 7) is 3.17. The van der Waals surface area contributed by atoms with Crippen LogP contribution >= 0.6 is 11.6 Å². The summed E-state index contributed by atoms with van der Waals surface area (Å²) in [5.41, 5.74) is 0.416. The van der Waals surface area contributed by atoms with Gasteiger partial charge in [0.1, 0.15) is 0 Å². The zero-order valence-corrected chi connectivity index (χ0v) is 15.6. The number of halogens is 1. The Hall–Kier alpha value is -1.59. The van der Waals surface area contributed by atoms with E-state index in [9.17, 15) is 9.59 Å². The number of benzene rings is 1. The molecule has 6 heteroatoms. The third-order valence-corrected chi connectivity index (χ3v) is 6.31. The fourth-order valence-corrected chi connectivity index (χ4v) is 4.45. The van der Waals surface area contributed by atoms with Crippen molar-refractivity contribution in [3.63, 3.8) is 0 Å². The standard InChI is InChI=1S/C20H25ClN2O3/c21-16-3-1-2-15(10-16)19(25)23-12-17(18(24)22-11-14-4-5-14)20(13-23)6-8-26-9-7-20/h1-3,10,14,17H,4-9,11-13H2,(H,22,24)/t17-/m0/s1. The fraction of sp³-hybridized carbons (Fsp3) is 0.600. The smallest absolute Gasteiger partial charge is 0.253 e. The molecule has 1 spiro atoms. The molecule has 5 nitrogen and oxygen atoms in total. The molecule has 1 aromatic carbocycles. The highest BCUT2D eigenvalue weighted by atomic mass is 35.5. The van der Waals surface area contributed by atoms with Gasteiger partial charge in [-0.2, -0.15) is 0 Å². The zero-order valence-electron chi connectivity index (χ0n) is 14.9. The minimum atomic E-state index is -0.167. The second-order valence-electron chi connectivity index (χ2n) is 7.91. The maximum Gasteiger partial charge on any atom is 0.253 e. The average Bonchev–Trinajstić information content (AvgIpc) is 3.41. The lowest BCUT2D eigenvalue weighted by Crippen LogP contribution is -2.44. The summed E-state index contributed by atoms with van der Waals surface area (Å²) in [7, 11) is 0. The Morgan fingerprint density at radius 1 is 1.27 bits per heavy atom. The number of rotatable bonds is 4. The summed E-state index contributed by atoms with van der Waals surface area (Å²) in [6.07, 6.45) is 4.08. The van der Waals surface area contributed by atoms with Crippen molar-refractivity contribution in [3.8, 4) is 0 Å². The molecular formula is C20H25ClN2O3. The number of hydrogen-bond acceptors (Lipinski definition) is 3. The monoisotopic (exact) mass is 376 g/mol. The molecule has 1 saturated carbocycles. The van der Waals surface area contributed by atoms with Gasteiger partial charge in [-0.1, -0.05) is 17.7 Å². The Balaban J connectivity index is 1.52. The van der Waals surface area contributed by atoms with Gasteiger partial charge in [0.05, 0.1) is 5.92 Å². The molecule has 1 atom stereocenters. The lowest BCUT2D eigenvalue weighted by molar-refractivity contribution is -0.129. The quantitative estimate of drug-likeness (QED) is 0.879. The van der Waals surface area contributed by atoms with Gasteiger partial charge in [0.25, 0.3) is 5.91 Å². The Morgan fingerprint density at radius 3 is 2.73 bits per heavy atom. The van der Waals surface area contributed by atoms with E-state index < -0.39 is 0 Å². The van der Waals surface area contributed by atoms with Crippen molar-refractivity contribution in [1.82, 2.24) is 10.2 Å². The number of hydrogen-bond donors (Lipinski definition) is 1. The SMILES string of the molecule is O=C(NCC1CC1)[C@@H]1CN(C(=O)c2cccc(Cl)c2)CC12CCOCC2. The van der Waals surface area contributed by atoms with Crippen LogP contribution in [0.4, 0.5) is 0 Å². The van der Waals surface area contributed by atoms with Gasteiger partial charge in [0.2, 0.25) is 5.91 Å². The first kappa shape index (κ1) is 17.8. The maximum absolute atomic E-state index is 13.0. The van der Waals surface area contributed by atoms with E-state index in [1.165, 1.54) is 12.8 Å². The minimum absolute atomic E-state index is 0.0455. The van der Waals surface area contributed by atoms with Crippen molar-refractivity contribution in [1.29, 1.82) is 0 Å². The van der Waals surface area contributed by atoms with Gasteiger partial charge in [-0.15, -0.1) is 0 Å². The summed E-state index contributed by atoms with van der Waals surface area (Å²) in [4.78, 5) is 27.7. The lowest BCUT2D eigenvalue weighted by Gasteiger charge is -2.37. The first-order chi connectivity index (χ1) is 12.6. The first-order valence-corrected chi connectivity index (χ1v) is 9.85. The van der Waals surface area contributed by atoms with Crippen molar-refractivity contribution in [2.45, 2.75) is 25.7 Å². The van der Waals surface area contributed by atoms with E-state index in [1.807, 2.05) is 4.90 Å². The van der Waals surface area contributed by atoms with Crippen LogP contribution in [0.3, 0.4) is 0 Å². The van der Waals surface area contributed by atoms with Crippen LogP contribution in [0.5, 0.6) is 0 Å². The minimum Gasteiger partial charge on any atom is -0.381 e. The molecule has 1 N–H and O–H groups in total. The van der Waals surface area contributed by atoms with Crippen molar-refractivity contribution in [2.75, 3.05) is 32.8 Å². The molecule has 2 amide bonds. The molecule has 4 rings (SSSR count). The van der Waals surface area contributed by atoms with E-state index in [0.717, 1.165) is 19.4 Å². The highest BCUT2D eigenvalue weighted by Gasteiger charge is 2.51. The van der Waals surface area contributed by atoms with Crippen LogP contribution < -0.4 is 5.32 Å². The third-order valence-electron chi connectivity index (χ3n) is 6.07. The van der Waals surface area contributed by atoms with Crippen LogP contribution in [0, 0.1) is 17.3 Å². The molecule has 140 valence electrons. The molecule has 0 aromatic heterocycles. The van der Waals surface area contributed by atoms with Crippen LogP contribution in [0.25, 0.3) is 0 Å². The number of likely N-dealkylation sites (tertiary alicyclic amines) is 1. The average molecular weight is 377 g/mol. The highest BCUT2D eigenvalue weighted by molar-refractivity contribution is 6.30. The number of nitrogens with one attached hydrogen (secondary N) is 1. The predicted molar refractivity (Wildman–Crippen MR) is 99.1 cm³/mol. The van der Waals surface area contributed by atoms with E-state index in [4.69, 9.17) is 16.3 Å². The topological polar surface area (TPSA) is 58.6 Å². The van der Waals surface area contributed by atoms with E-state index in [-0.39, 0.29) is 23.1 Å². The van der Waals surface area contributed by atoms with Gasteiger partial charge in [-0.05, 0) is 49.8 Å². The van der Waals surface area contributed by atoms with E-state index in [2.05, 4.69) is 5.32 Å². The van der Waals surface area contributed by atoms with Gasteiger partial charge in [-0.3, -0.25) is 9.59 Å². The second-order valence-corrected chi connectivity index (χ2v) is 8.35. The summed E-state index contributed by atoms with van der Waals surface area (Å²) in [5, 5.41) is 3.68. The van der Waals surface area contributed by atoms with Crippen LogP contribution in [-0.4, -0.2) is 49.6 Å². The third kappa shape index (κ3) is 3.60. The van der Waals surface area contributed by atoms with Crippen LogP contribution in [0.15, 0.2) is 24.3 Å². The molecule has 3 aliphatic rings. The number of amides is 2. The summed E-state index contributed by atoms with van der Waals surface area (Å²) >= 11 is 6.04. The number of carbonyl (C=O) groups excluding carboxylic acids is 2. The van der Waals surface area contributed by atoms with Gasteiger partial charge in [0, 0.05) is 48.8 Å². The lowest BCUT2D eigenvalue weighted by atomic mass is 9.71. The molecule has 0 bridgehead atoms. The highest BCUT2D eigenvalue weighted by Crippen LogP contribution is 2.45. The molecule has 2 aliphatic heterocycles. The van der Waals surface area contributed by atoms with Gasteiger partial charge in [0.15, 0.2) is 0 Å². The van der Waals surface area contributed by atoms with E-state index in [1.54, 1.807) is 24.3 Å². The largest absolute Gasteiger partial charge is 0.381 e.